The first-order valence-electron chi connectivity index (χ1n) is 10.2. The Balaban J connectivity index is 2.27. The third kappa shape index (κ3) is 7.28. The number of halogens is 3. The van der Waals surface area contributed by atoms with Gasteiger partial charge in [-0.2, -0.15) is 13.2 Å². The van der Waals surface area contributed by atoms with Crippen LogP contribution in [0.4, 0.5) is 18.0 Å². The fourth-order valence-electron chi connectivity index (χ4n) is 3.08. The van der Waals surface area contributed by atoms with Crippen LogP contribution in [-0.4, -0.2) is 41.6 Å². The van der Waals surface area contributed by atoms with Crippen molar-refractivity contribution in [2.24, 2.45) is 0 Å². The molecular formula is C22H27F3N2O5. The van der Waals surface area contributed by atoms with Crippen LogP contribution in [0, 0.1) is 0 Å². The number of carbonyl (C=O) groups excluding carboxylic acids is 2. The van der Waals surface area contributed by atoms with Crippen molar-refractivity contribution < 1.29 is 32.2 Å². The molecule has 0 saturated carbocycles. The lowest BCUT2D eigenvalue weighted by Crippen LogP contribution is -2.33. The first-order valence-corrected chi connectivity index (χ1v) is 10.2. The lowest BCUT2D eigenvalue weighted by molar-refractivity contribution is -0.140. The number of aromatic nitrogens is 1. The van der Waals surface area contributed by atoms with E-state index in [9.17, 15) is 27.6 Å². The molecule has 0 unspecified atom stereocenters. The minimum Gasteiger partial charge on any atom is -0.462 e. The standard InChI is InChI=1S/C22H27F3N2O5/c1-5-31-19(29)16-12-27(13-22(23,24)25)17-9-8-14(11-15(17)18(16)28)7-6-10-26-20(30)32-21(2,3)4/h8-9,11-12H,5-7,10,13H2,1-4H3,(H,26,30). The Morgan fingerprint density at radius 2 is 1.84 bits per heavy atom. The van der Waals surface area contributed by atoms with Crippen LogP contribution in [0.2, 0.25) is 0 Å². The largest absolute Gasteiger partial charge is 0.462 e. The van der Waals surface area contributed by atoms with Crippen molar-refractivity contribution in [2.45, 2.75) is 58.9 Å². The monoisotopic (exact) mass is 456 g/mol. The van der Waals surface area contributed by atoms with Crippen molar-refractivity contribution in [1.82, 2.24) is 9.88 Å². The van der Waals surface area contributed by atoms with Crippen LogP contribution in [0.5, 0.6) is 0 Å². The van der Waals surface area contributed by atoms with Crippen molar-refractivity contribution in [2.75, 3.05) is 13.2 Å². The number of esters is 1. The predicted octanol–water partition coefficient (Wildman–Crippen LogP) is 4.20. The van der Waals surface area contributed by atoms with Gasteiger partial charge in [0.2, 0.25) is 5.43 Å². The molecule has 0 aliphatic carbocycles. The third-order valence-corrected chi connectivity index (χ3v) is 4.30. The molecule has 0 atom stereocenters. The summed E-state index contributed by atoms with van der Waals surface area (Å²) in [5.74, 6) is -0.970. The molecule has 0 aliphatic heterocycles. The Labute approximate surface area is 183 Å². The lowest BCUT2D eigenvalue weighted by Gasteiger charge is -2.19. The Hall–Kier alpha value is -3.04. The molecule has 2 rings (SSSR count). The van der Waals surface area contributed by atoms with Crippen LogP contribution < -0.4 is 10.7 Å². The highest BCUT2D eigenvalue weighted by Gasteiger charge is 2.29. The fraction of sp³-hybridized carbons (Fsp3) is 0.500. The van der Waals surface area contributed by atoms with Crippen LogP contribution in [0.1, 0.15) is 50.0 Å². The molecule has 1 heterocycles. The summed E-state index contributed by atoms with van der Waals surface area (Å²) < 4.78 is 49.9. The van der Waals surface area contributed by atoms with E-state index in [1.54, 1.807) is 26.8 Å². The average Bonchev–Trinajstić information content (AvgIpc) is 2.65. The second-order valence-corrected chi connectivity index (χ2v) is 8.22. The Morgan fingerprint density at radius 3 is 2.44 bits per heavy atom. The zero-order chi connectivity index (χ0) is 24.1. The van der Waals surface area contributed by atoms with Crippen LogP contribution in [-0.2, 0) is 22.4 Å². The van der Waals surface area contributed by atoms with Gasteiger partial charge in [-0.05, 0) is 58.2 Å². The molecule has 1 amide bonds. The van der Waals surface area contributed by atoms with Crippen LogP contribution in [0.15, 0.2) is 29.2 Å². The molecular weight excluding hydrogens is 429 g/mol. The van der Waals surface area contributed by atoms with E-state index in [1.807, 2.05) is 0 Å². The maximum absolute atomic E-state index is 13.0. The first-order chi connectivity index (χ1) is 14.8. The molecule has 2 aromatic rings. The minimum absolute atomic E-state index is 0.00240. The molecule has 1 N–H and O–H groups in total. The van der Waals surface area contributed by atoms with Gasteiger partial charge in [0.15, 0.2) is 0 Å². The summed E-state index contributed by atoms with van der Waals surface area (Å²) >= 11 is 0. The number of ether oxygens (including phenoxy) is 2. The zero-order valence-electron chi connectivity index (χ0n) is 18.5. The van der Waals surface area contributed by atoms with Crippen molar-refractivity contribution in [1.29, 1.82) is 0 Å². The second kappa shape index (κ2) is 10.1. The summed E-state index contributed by atoms with van der Waals surface area (Å²) in [6.07, 6.45) is -3.24. The molecule has 0 radical (unpaired) electrons. The molecule has 0 saturated heterocycles. The quantitative estimate of drug-likeness (QED) is 0.499. The van der Waals surface area contributed by atoms with Gasteiger partial charge < -0.3 is 19.4 Å². The minimum atomic E-state index is -4.54. The Kier molecular flexibility index (Phi) is 7.92. The Morgan fingerprint density at radius 1 is 1.16 bits per heavy atom. The number of pyridine rings is 1. The number of alkyl carbamates (subject to hydrolysis) is 1. The maximum Gasteiger partial charge on any atom is 0.407 e. The van der Waals surface area contributed by atoms with Crippen LogP contribution in [0.25, 0.3) is 10.9 Å². The van der Waals surface area contributed by atoms with Gasteiger partial charge in [-0.1, -0.05) is 6.07 Å². The van der Waals surface area contributed by atoms with E-state index in [2.05, 4.69) is 5.32 Å². The summed E-state index contributed by atoms with van der Waals surface area (Å²) in [5.41, 5.74) is -1.01. The molecule has 1 aromatic heterocycles. The van der Waals surface area contributed by atoms with Gasteiger partial charge in [0, 0.05) is 18.1 Å². The lowest BCUT2D eigenvalue weighted by atomic mass is 10.0. The molecule has 0 spiro atoms. The summed E-state index contributed by atoms with van der Waals surface area (Å²) in [6, 6.07) is 4.51. The number of nitrogens with one attached hydrogen (secondary N) is 1. The zero-order valence-corrected chi connectivity index (χ0v) is 18.5. The van der Waals surface area contributed by atoms with Gasteiger partial charge in [-0.15, -0.1) is 0 Å². The van der Waals surface area contributed by atoms with E-state index in [0.29, 0.717) is 24.9 Å². The van der Waals surface area contributed by atoms with E-state index in [-0.39, 0.29) is 17.5 Å². The number of hydrogen-bond acceptors (Lipinski definition) is 5. The number of fused-ring (bicyclic) bond motifs is 1. The van der Waals surface area contributed by atoms with Crippen molar-refractivity contribution in [3.63, 3.8) is 0 Å². The normalized spacial score (nSPS) is 12.0. The average molecular weight is 456 g/mol. The molecule has 10 heteroatoms. The van der Waals surface area contributed by atoms with Crippen molar-refractivity contribution in [3.8, 4) is 0 Å². The van der Waals surface area contributed by atoms with Gasteiger partial charge in [-0.3, -0.25) is 4.79 Å². The predicted molar refractivity (Wildman–Crippen MR) is 113 cm³/mol. The summed E-state index contributed by atoms with van der Waals surface area (Å²) in [6.45, 7) is 5.73. The van der Waals surface area contributed by atoms with Gasteiger partial charge >= 0.3 is 18.2 Å². The van der Waals surface area contributed by atoms with E-state index in [0.717, 1.165) is 10.8 Å². The molecule has 0 fully saturated rings. The highest BCUT2D eigenvalue weighted by molar-refractivity contribution is 5.94. The number of amides is 1. The smallest absolute Gasteiger partial charge is 0.407 e. The van der Waals surface area contributed by atoms with E-state index < -0.39 is 41.4 Å². The third-order valence-electron chi connectivity index (χ3n) is 4.30. The molecule has 32 heavy (non-hydrogen) atoms. The topological polar surface area (TPSA) is 86.6 Å². The highest BCUT2D eigenvalue weighted by atomic mass is 19.4. The van der Waals surface area contributed by atoms with Gasteiger partial charge in [-0.25, -0.2) is 9.59 Å². The van der Waals surface area contributed by atoms with Crippen LogP contribution >= 0.6 is 0 Å². The summed E-state index contributed by atoms with van der Waals surface area (Å²) in [4.78, 5) is 36.6. The number of hydrogen-bond donors (Lipinski definition) is 1. The number of benzene rings is 1. The number of carbonyl (C=O) groups is 2. The Bertz CT molecular complexity index is 1040. The van der Waals surface area contributed by atoms with Crippen LogP contribution in [0.3, 0.4) is 0 Å². The highest BCUT2D eigenvalue weighted by Crippen LogP contribution is 2.22. The number of alkyl halides is 3. The van der Waals surface area contributed by atoms with Gasteiger partial charge in [0.1, 0.15) is 17.7 Å². The van der Waals surface area contributed by atoms with E-state index in [4.69, 9.17) is 9.47 Å². The van der Waals surface area contributed by atoms with E-state index >= 15 is 0 Å². The maximum atomic E-state index is 13.0. The summed E-state index contributed by atoms with van der Waals surface area (Å²) in [5, 5.41) is 2.62. The molecule has 0 aliphatic rings. The van der Waals surface area contributed by atoms with E-state index in [1.165, 1.54) is 19.1 Å². The van der Waals surface area contributed by atoms with Gasteiger partial charge in [0.25, 0.3) is 0 Å². The number of aryl methyl sites for hydroxylation is 1. The van der Waals surface area contributed by atoms with Crippen molar-refractivity contribution in [3.05, 3.63) is 45.7 Å². The summed E-state index contributed by atoms with van der Waals surface area (Å²) in [7, 11) is 0. The second-order valence-electron chi connectivity index (χ2n) is 8.22. The molecule has 176 valence electrons. The SMILES string of the molecule is CCOC(=O)c1cn(CC(F)(F)F)c2ccc(CCCNC(=O)OC(C)(C)C)cc2c1=O. The molecule has 7 nitrogen and oxygen atoms in total. The van der Waals surface area contributed by atoms with Crippen molar-refractivity contribution >= 4 is 23.0 Å². The number of nitrogens with zero attached hydrogens (tertiary/aromatic N) is 1. The van der Waals surface area contributed by atoms with Gasteiger partial charge in [0.05, 0.1) is 12.1 Å². The first kappa shape index (κ1) is 25.2. The number of rotatable bonds is 7. The fourth-order valence-corrected chi connectivity index (χ4v) is 3.08. The molecule has 1 aromatic carbocycles. The molecule has 0 bridgehead atoms.